The van der Waals surface area contributed by atoms with Crippen molar-refractivity contribution >= 4 is 43.2 Å². The Labute approximate surface area is 207 Å². The number of aromatic nitrogens is 1. The molecule has 0 unspecified atom stereocenters. The first kappa shape index (κ1) is 26.7. The topological polar surface area (TPSA) is 124 Å². The van der Waals surface area contributed by atoms with Gasteiger partial charge < -0.3 is 9.30 Å². The van der Waals surface area contributed by atoms with Gasteiger partial charge in [-0.05, 0) is 43.2 Å². The number of carbonyl (C=O) groups excluding carboxylic acids is 1. The largest absolute Gasteiger partial charge is 0.383 e. The summed E-state index contributed by atoms with van der Waals surface area (Å²) < 4.78 is 35.0. The highest BCUT2D eigenvalue weighted by Crippen LogP contribution is 2.23. The van der Waals surface area contributed by atoms with Crippen molar-refractivity contribution in [1.29, 1.82) is 0 Å². The van der Waals surface area contributed by atoms with Crippen LogP contribution in [0.5, 0.6) is 0 Å². The van der Waals surface area contributed by atoms with Crippen LogP contribution in [0.4, 0.5) is 5.69 Å². The minimum absolute atomic E-state index is 0.0590. The minimum Gasteiger partial charge on any atom is -0.383 e. The van der Waals surface area contributed by atoms with Crippen molar-refractivity contribution < 1.29 is 22.9 Å². The summed E-state index contributed by atoms with van der Waals surface area (Å²) in [6, 6.07) is 10.2. The van der Waals surface area contributed by atoms with Crippen molar-refractivity contribution in [2.45, 2.75) is 38.1 Å². The third kappa shape index (κ3) is 6.01. The molecule has 0 aliphatic carbocycles. The third-order valence-corrected chi connectivity index (χ3v) is 8.25. The van der Waals surface area contributed by atoms with E-state index >= 15 is 0 Å². The van der Waals surface area contributed by atoms with Crippen LogP contribution in [0.1, 0.15) is 37.0 Å². The van der Waals surface area contributed by atoms with Crippen LogP contribution >= 0.6 is 11.3 Å². The van der Waals surface area contributed by atoms with Crippen molar-refractivity contribution in [3.05, 3.63) is 62.9 Å². The van der Waals surface area contributed by atoms with Gasteiger partial charge in [-0.3, -0.25) is 14.9 Å². The smallest absolute Gasteiger partial charge is 0.279 e. The number of fused-ring (bicyclic) bond motifs is 1. The predicted molar refractivity (Wildman–Crippen MR) is 134 cm³/mol. The lowest BCUT2D eigenvalue weighted by Gasteiger charge is -2.21. The summed E-state index contributed by atoms with van der Waals surface area (Å²) in [5.74, 6) is -0.542. The van der Waals surface area contributed by atoms with Gasteiger partial charge in [-0.15, -0.1) is 0 Å². The van der Waals surface area contributed by atoms with Crippen molar-refractivity contribution in [3.8, 4) is 0 Å². The normalized spacial score (nSPS) is 12.5. The zero-order valence-corrected chi connectivity index (χ0v) is 21.5. The highest BCUT2D eigenvalue weighted by atomic mass is 32.2. The number of benzene rings is 2. The summed E-state index contributed by atoms with van der Waals surface area (Å²) in [5.41, 5.74) is 0.765. The van der Waals surface area contributed by atoms with Gasteiger partial charge >= 0.3 is 0 Å². The van der Waals surface area contributed by atoms with E-state index < -0.39 is 20.9 Å². The van der Waals surface area contributed by atoms with E-state index in [4.69, 9.17) is 4.74 Å². The van der Waals surface area contributed by atoms with E-state index in [1.807, 2.05) is 13.8 Å². The SMILES string of the molecule is CCCN(CCC)S(=O)(=O)c1ccc(C(=O)N=c2sc3ccc([N+](=O)[O-])cc3n2CCOC)cc1. The number of carbonyl (C=O) groups is 1. The summed E-state index contributed by atoms with van der Waals surface area (Å²) in [5, 5.41) is 11.2. The van der Waals surface area contributed by atoms with Crippen molar-refractivity contribution in [1.82, 2.24) is 8.87 Å². The number of thiazole rings is 1. The number of nitrogens with zero attached hydrogens (tertiary/aromatic N) is 4. The van der Waals surface area contributed by atoms with Crippen molar-refractivity contribution in [2.75, 3.05) is 26.8 Å². The van der Waals surface area contributed by atoms with E-state index in [1.54, 1.807) is 10.6 Å². The number of nitro groups is 1. The maximum atomic E-state index is 13.0. The van der Waals surface area contributed by atoms with Crippen LogP contribution in [0.3, 0.4) is 0 Å². The minimum atomic E-state index is -3.65. The first-order valence-corrected chi connectivity index (χ1v) is 13.4. The quantitative estimate of drug-likeness (QED) is 0.280. The van der Waals surface area contributed by atoms with Gasteiger partial charge in [0.15, 0.2) is 4.80 Å². The molecule has 3 rings (SSSR count). The fourth-order valence-electron chi connectivity index (χ4n) is 3.58. The number of rotatable bonds is 11. The summed E-state index contributed by atoms with van der Waals surface area (Å²) in [4.78, 5) is 28.4. The molecule has 1 amide bonds. The van der Waals surface area contributed by atoms with Gasteiger partial charge in [-0.25, -0.2) is 8.42 Å². The van der Waals surface area contributed by atoms with Crippen molar-refractivity contribution in [3.63, 3.8) is 0 Å². The van der Waals surface area contributed by atoms with Gasteiger partial charge in [0.05, 0.1) is 26.6 Å². The standard InChI is InChI=1S/C23H28N4O6S2/c1-4-12-25(13-5-2)35(31,32)19-9-6-17(7-10-19)22(28)24-23-26(14-15-33-3)20-16-18(27(29)30)8-11-21(20)34-23/h6-11,16H,4-5,12-15H2,1-3H3. The van der Waals surface area contributed by atoms with E-state index in [9.17, 15) is 23.3 Å². The van der Waals surface area contributed by atoms with Gasteiger partial charge in [0.25, 0.3) is 11.6 Å². The Bertz CT molecular complexity index is 1370. The fraction of sp³-hybridized carbons (Fsp3) is 0.391. The number of hydrogen-bond donors (Lipinski definition) is 0. The Kier molecular flexibility index (Phi) is 8.89. The molecule has 2 aromatic carbocycles. The molecule has 3 aromatic rings. The second-order valence-corrected chi connectivity index (χ2v) is 10.7. The molecule has 0 saturated carbocycles. The van der Waals surface area contributed by atoms with Crippen LogP contribution in [0.2, 0.25) is 0 Å². The molecule has 0 radical (unpaired) electrons. The highest BCUT2D eigenvalue weighted by Gasteiger charge is 2.23. The van der Waals surface area contributed by atoms with E-state index in [1.165, 1.54) is 59.2 Å². The molecule has 0 atom stereocenters. The molecule has 0 N–H and O–H groups in total. The molecule has 1 heterocycles. The molecule has 0 bridgehead atoms. The second-order valence-electron chi connectivity index (χ2n) is 7.78. The monoisotopic (exact) mass is 520 g/mol. The Morgan fingerprint density at radius 1 is 1.14 bits per heavy atom. The zero-order chi connectivity index (χ0) is 25.6. The molecular formula is C23H28N4O6S2. The van der Waals surface area contributed by atoms with Crippen molar-refractivity contribution in [2.24, 2.45) is 4.99 Å². The number of hydrogen-bond acceptors (Lipinski definition) is 7. The molecule has 35 heavy (non-hydrogen) atoms. The maximum Gasteiger partial charge on any atom is 0.279 e. The first-order valence-electron chi connectivity index (χ1n) is 11.2. The van der Waals surface area contributed by atoms with Crippen LogP contribution in [0.15, 0.2) is 52.4 Å². The zero-order valence-electron chi connectivity index (χ0n) is 19.8. The lowest BCUT2D eigenvalue weighted by molar-refractivity contribution is -0.384. The molecule has 10 nitrogen and oxygen atoms in total. The van der Waals surface area contributed by atoms with Gasteiger partial charge in [-0.1, -0.05) is 25.2 Å². The number of sulfonamides is 1. The summed E-state index contributed by atoms with van der Waals surface area (Å²) in [7, 11) is -2.11. The molecule has 0 spiro atoms. The van der Waals surface area contributed by atoms with Gasteiger partial charge in [-0.2, -0.15) is 9.30 Å². The molecule has 0 aliphatic rings. The van der Waals surface area contributed by atoms with Gasteiger partial charge in [0, 0.05) is 44.4 Å². The molecule has 188 valence electrons. The molecule has 12 heteroatoms. The summed E-state index contributed by atoms with van der Waals surface area (Å²) in [6.45, 7) is 5.38. The number of nitro benzene ring substituents is 1. The van der Waals surface area contributed by atoms with E-state index in [0.29, 0.717) is 49.4 Å². The predicted octanol–water partition coefficient (Wildman–Crippen LogP) is 3.81. The number of non-ortho nitro benzene ring substituents is 1. The first-order chi connectivity index (χ1) is 16.7. The van der Waals surface area contributed by atoms with Gasteiger partial charge in [0.2, 0.25) is 10.0 Å². The molecular weight excluding hydrogens is 492 g/mol. The average Bonchev–Trinajstić information content (AvgIpc) is 3.18. The Hall–Kier alpha value is -2.93. The van der Waals surface area contributed by atoms with Crippen LogP contribution < -0.4 is 4.80 Å². The lowest BCUT2D eigenvalue weighted by atomic mass is 10.2. The molecule has 0 saturated heterocycles. The summed E-state index contributed by atoms with van der Waals surface area (Å²) >= 11 is 1.23. The molecule has 1 aromatic heterocycles. The van der Waals surface area contributed by atoms with Crippen LogP contribution in [-0.4, -0.2) is 54.9 Å². The maximum absolute atomic E-state index is 13.0. The lowest BCUT2D eigenvalue weighted by Crippen LogP contribution is -2.32. The van der Waals surface area contributed by atoms with Crippen LogP contribution in [0, 0.1) is 10.1 Å². The Morgan fingerprint density at radius 2 is 1.80 bits per heavy atom. The number of methoxy groups -OCH3 is 1. The average molecular weight is 521 g/mol. The van der Waals surface area contributed by atoms with E-state index in [0.717, 1.165) is 4.70 Å². The summed E-state index contributed by atoms with van der Waals surface area (Å²) in [6.07, 6.45) is 1.41. The Balaban J connectivity index is 1.97. The van der Waals surface area contributed by atoms with Crippen LogP contribution in [0.25, 0.3) is 10.2 Å². The second kappa shape index (κ2) is 11.7. The fourth-order valence-corrected chi connectivity index (χ4v) is 6.23. The van der Waals surface area contributed by atoms with E-state index in [2.05, 4.69) is 4.99 Å². The van der Waals surface area contributed by atoms with Crippen LogP contribution in [-0.2, 0) is 21.3 Å². The molecule has 0 aliphatic heterocycles. The number of ether oxygens (including phenoxy) is 1. The van der Waals surface area contributed by atoms with Gasteiger partial charge in [0.1, 0.15) is 0 Å². The number of amides is 1. The Morgan fingerprint density at radius 3 is 2.37 bits per heavy atom. The third-order valence-electron chi connectivity index (χ3n) is 5.28. The highest BCUT2D eigenvalue weighted by molar-refractivity contribution is 7.89. The van der Waals surface area contributed by atoms with E-state index in [-0.39, 0.29) is 16.1 Å². The molecule has 0 fully saturated rings.